The first-order valence-corrected chi connectivity index (χ1v) is 6.87. The summed E-state index contributed by atoms with van der Waals surface area (Å²) in [7, 11) is 0. The summed E-state index contributed by atoms with van der Waals surface area (Å²) in [5.41, 5.74) is 1.30. The van der Waals surface area contributed by atoms with E-state index in [4.69, 9.17) is 23.2 Å². The normalized spacial score (nSPS) is 33.6. The van der Waals surface area contributed by atoms with Gasteiger partial charge in [0.2, 0.25) is 0 Å². The van der Waals surface area contributed by atoms with E-state index in [2.05, 4.69) is 11.4 Å². The summed E-state index contributed by atoms with van der Waals surface area (Å²) in [5.74, 6) is 1.21. The second kappa shape index (κ2) is 3.85. The Kier molecular flexibility index (Phi) is 2.63. The molecule has 1 aromatic rings. The SMILES string of the molecule is Clc1ccc(C2SCC3CC2N3)cc1Cl. The second-order valence-corrected chi connectivity index (χ2v) is 6.12. The van der Waals surface area contributed by atoms with Crippen molar-refractivity contribution in [1.82, 2.24) is 5.32 Å². The largest absolute Gasteiger partial charge is 0.309 e. The van der Waals surface area contributed by atoms with Gasteiger partial charge in [0.05, 0.1) is 10.0 Å². The number of fused-ring (bicyclic) bond motifs is 2. The summed E-state index contributed by atoms with van der Waals surface area (Å²) in [6.45, 7) is 0. The summed E-state index contributed by atoms with van der Waals surface area (Å²) in [6, 6.07) is 7.36. The van der Waals surface area contributed by atoms with Crippen LogP contribution < -0.4 is 5.32 Å². The highest BCUT2D eigenvalue weighted by molar-refractivity contribution is 7.99. The third kappa shape index (κ3) is 1.78. The monoisotopic (exact) mass is 259 g/mol. The molecule has 0 radical (unpaired) electrons. The first-order chi connectivity index (χ1) is 7.24. The Morgan fingerprint density at radius 2 is 2.07 bits per heavy atom. The number of hydrogen-bond donors (Lipinski definition) is 1. The van der Waals surface area contributed by atoms with Crippen molar-refractivity contribution in [1.29, 1.82) is 0 Å². The quantitative estimate of drug-likeness (QED) is 0.829. The van der Waals surface area contributed by atoms with Gasteiger partial charge in [-0.2, -0.15) is 11.8 Å². The van der Waals surface area contributed by atoms with Gasteiger partial charge < -0.3 is 5.32 Å². The molecule has 80 valence electrons. The Bertz CT molecular complexity index is 387. The van der Waals surface area contributed by atoms with Crippen LogP contribution in [0.2, 0.25) is 10.0 Å². The molecule has 3 saturated heterocycles. The molecular formula is C11H11Cl2NS. The molecule has 4 rings (SSSR count). The molecule has 3 aliphatic rings. The minimum atomic E-state index is 0.546. The molecule has 15 heavy (non-hydrogen) atoms. The smallest absolute Gasteiger partial charge is 0.0595 e. The maximum absolute atomic E-state index is 6.03. The van der Waals surface area contributed by atoms with Gasteiger partial charge in [-0.05, 0) is 24.1 Å². The van der Waals surface area contributed by atoms with Crippen molar-refractivity contribution in [3.63, 3.8) is 0 Å². The van der Waals surface area contributed by atoms with Crippen molar-refractivity contribution in [2.75, 3.05) is 5.75 Å². The van der Waals surface area contributed by atoms with Crippen LogP contribution in [0.5, 0.6) is 0 Å². The van der Waals surface area contributed by atoms with Gasteiger partial charge in [-0.1, -0.05) is 29.3 Å². The number of hydrogen-bond acceptors (Lipinski definition) is 2. The fourth-order valence-corrected chi connectivity index (χ4v) is 4.01. The number of benzene rings is 1. The van der Waals surface area contributed by atoms with E-state index in [1.54, 1.807) is 0 Å². The fourth-order valence-electron chi connectivity index (χ4n) is 2.27. The summed E-state index contributed by atoms with van der Waals surface area (Å²) >= 11 is 14.0. The highest BCUT2D eigenvalue weighted by Gasteiger charge is 2.40. The van der Waals surface area contributed by atoms with Crippen molar-refractivity contribution in [3.8, 4) is 0 Å². The molecule has 0 aromatic heterocycles. The van der Waals surface area contributed by atoms with Gasteiger partial charge in [0.1, 0.15) is 0 Å². The minimum Gasteiger partial charge on any atom is -0.309 e. The lowest BCUT2D eigenvalue weighted by Crippen LogP contribution is -2.59. The number of rotatable bonds is 1. The standard InChI is InChI=1S/C11H11Cl2NS/c12-8-2-1-6(3-9(8)13)11-10-4-7(14-10)5-15-11/h1-3,7,10-11,14H,4-5H2. The van der Waals surface area contributed by atoms with E-state index in [-0.39, 0.29) is 0 Å². The van der Waals surface area contributed by atoms with Gasteiger partial charge in [-0.3, -0.25) is 0 Å². The van der Waals surface area contributed by atoms with Crippen LogP contribution in [0.4, 0.5) is 0 Å². The highest BCUT2D eigenvalue weighted by atomic mass is 35.5. The van der Waals surface area contributed by atoms with E-state index in [1.807, 2.05) is 23.9 Å². The maximum Gasteiger partial charge on any atom is 0.0595 e. The van der Waals surface area contributed by atoms with Crippen LogP contribution >= 0.6 is 35.0 Å². The number of thioether (sulfide) groups is 1. The molecule has 1 nitrogen and oxygen atoms in total. The maximum atomic E-state index is 6.03. The Morgan fingerprint density at radius 3 is 2.67 bits per heavy atom. The van der Waals surface area contributed by atoms with Crippen LogP contribution in [0, 0.1) is 0 Å². The summed E-state index contributed by atoms with van der Waals surface area (Å²) < 4.78 is 0. The molecule has 0 aliphatic carbocycles. The highest BCUT2D eigenvalue weighted by Crippen LogP contribution is 2.44. The molecule has 0 spiro atoms. The molecule has 3 atom stereocenters. The lowest BCUT2D eigenvalue weighted by molar-refractivity contribution is 0.267. The molecule has 3 unspecified atom stereocenters. The van der Waals surface area contributed by atoms with Crippen molar-refractivity contribution in [2.45, 2.75) is 23.8 Å². The third-order valence-corrected chi connectivity index (χ3v) is 5.40. The molecule has 2 bridgehead atoms. The van der Waals surface area contributed by atoms with Gasteiger partial charge in [0.25, 0.3) is 0 Å². The molecule has 3 fully saturated rings. The molecule has 0 amide bonds. The Labute approximate surface area is 104 Å². The van der Waals surface area contributed by atoms with Gasteiger partial charge in [0, 0.05) is 23.1 Å². The molecule has 1 N–H and O–H groups in total. The van der Waals surface area contributed by atoms with Gasteiger partial charge in [0.15, 0.2) is 0 Å². The van der Waals surface area contributed by atoms with Crippen LogP contribution in [-0.4, -0.2) is 17.8 Å². The van der Waals surface area contributed by atoms with Gasteiger partial charge in [-0.15, -0.1) is 0 Å². The second-order valence-electron chi connectivity index (χ2n) is 4.13. The topological polar surface area (TPSA) is 12.0 Å². The van der Waals surface area contributed by atoms with Crippen LogP contribution in [0.15, 0.2) is 18.2 Å². The molecular weight excluding hydrogens is 249 g/mol. The Morgan fingerprint density at radius 1 is 1.27 bits per heavy atom. The van der Waals surface area contributed by atoms with E-state index in [0.717, 1.165) is 6.04 Å². The van der Waals surface area contributed by atoms with E-state index in [9.17, 15) is 0 Å². The van der Waals surface area contributed by atoms with Gasteiger partial charge in [-0.25, -0.2) is 0 Å². The van der Waals surface area contributed by atoms with Crippen molar-refractivity contribution < 1.29 is 0 Å². The zero-order valence-corrected chi connectivity index (χ0v) is 10.4. The van der Waals surface area contributed by atoms with E-state index in [0.29, 0.717) is 21.3 Å². The predicted molar refractivity (Wildman–Crippen MR) is 67.0 cm³/mol. The molecule has 4 heteroatoms. The summed E-state index contributed by atoms with van der Waals surface area (Å²) in [5, 5.41) is 5.41. The fraction of sp³-hybridized carbons (Fsp3) is 0.455. The minimum absolute atomic E-state index is 0.546. The van der Waals surface area contributed by atoms with E-state index < -0.39 is 0 Å². The first kappa shape index (κ1) is 10.3. The van der Waals surface area contributed by atoms with Crippen LogP contribution in [0.1, 0.15) is 17.2 Å². The first-order valence-electron chi connectivity index (χ1n) is 5.06. The third-order valence-electron chi connectivity index (χ3n) is 3.10. The zero-order chi connectivity index (χ0) is 10.4. The average molecular weight is 260 g/mol. The van der Waals surface area contributed by atoms with E-state index >= 15 is 0 Å². The van der Waals surface area contributed by atoms with Gasteiger partial charge >= 0.3 is 0 Å². The Hall–Kier alpha value is 0.110. The zero-order valence-electron chi connectivity index (χ0n) is 8.04. The molecule has 3 aliphatic heterocycles. The summed E-state index contributed by atoms with van der Waals surface area (Å²) in [4.78, 5) is 0. The number of halogens is 2. The lowest BCUT2D eigenvalue weighted by Gasteiger charge is -2.47. The van der Waals surface area contributed by atoms with Crippen LogP contribution in [-0.2, 0) is 0 Å². The Balaban J connectivity index is 1.88. The van der Waals surface area contributed by atoms with Crippen molar-refractivity contribution in [2.24, 2.45) is 0 Å². The lowest BCUT2D eigenvalue weighted by atomic mass is 9.91. The number of nitrogens with one attached hydrogen (secondary N) is 1. The summed E-state index contributed by atoms with van der Waals surface area (Å²) in [6.07, 6.45) is 1.30. The van der Waals surface area contributed by atoms with Crippen molar-refractivity contribution >= 4 is 35.0 Å². The molecule has 3 heterocycles. The predicted octanol–water partition coefficient (Wildman–Crippen LogP) is 3.51. The van der Waals surface area contributed by atoms with Crippen LogP contribution in [0.3, 0.4) is 0 Å². The van der Waals surface area contributed by atoms with E-state index in [1.165, 1.54) is 17.7 Å². The molecule has 1 aromatic carbocycles. The van der Waals surface area contributed by atoms with Crippen LogP contribution in [0.25, 0.3) is 0 Å². The average Bonchev–Trinajstić information content (AvgIpc) is 2.21. The van der Waals surface area contributed by atoms with Crippen molar-refractivity contribution in [3.05, 3.63) is 33.8 Å². The molecule has 0 saturated carbocycles.